The fourth-order valence-electron chi connectivity index (χ4n) is 3.00. The predicted octanol–water partition coefficient (Wildman–Crippen LogP) is 1.57. The van der Waals surface area contributed by atoms with Crippen LogP contribution in [0.1, 0.15) is 33.5 Å². The summed E-state index contributed by atoms with van der Waals surface area (Å²) in [6.07, 6.45) is 1.20. The molecule has 7 nitrogen and oxygen atoms in total. The minimum absolute atomic E-state index is 0.0281. The topological polar surface area (TPSA) is 114 Å². The predicted molar refractivity (Wildman–Crippen MR) is 79.4 cm³/mol. The van der Waals surface area contributed by atoms with Crippen LogP contribution in [0, 0.1) is 6.92 Å². The Morgan fingerprint density at radius 1 is 1.39 bits per heavy atom. The third-order valence-electron chi connectivity index (χ3n) is 4.05. The Morgan fingerprint density at radius 2 is 2.13 bits per heavy atom. The Labute approximate surface area is 130 Å². The number of phenolic OH excluding ortho intramolecular Hbond substituents is 1. The number of aryl methyl sites for hydroxylation is 2. The number of carboxylic acid groups (broad SMARTS) is 1. The largest absolute Gasteiger partial charge is 0.504 e. The highest BCUT2D eigenvalue weighted by Gasteiger charge is 2.27. The zero-order chi connectivity index (χ0) is 16.7. The summed E-state index contributed by atoms with van der Waals surface area (Å²) in [7, 11) is 0. The Balaban J connectivity index is 2.49. The number of hydrogen-bond donors (Lipinski definition) is 2. The molecule has 23 heavy (non-hydrogen) atoms. The standard InChI is InChI=1S/C16H14O7/c1-7-9(5-11(18)19)16(21)23-14-10(6-17)13(20)15-8(12(7)14)3-2-4-22-15/h6,20H,2-5H2,1H3,(H,18,19). The van der Waals surface area contributed by atoms with Crippen LogP contribution in [0.15, 0.2) is 9.21 Å². The van der Waals surface area contributed by atoms with Gasteiger partial charge in [-0.3, -0.25) is 9.59 Å². The normalized spacial score (nSPS) is 13.4. The maximum Gasteiger partial charge on any atom is 0.340 e. The van der Waals surface area contributed by atoms with Crippen LogP contribution in [0.25, 0.3) is 11.0 Å². The van der Waals surface area contributed by atoms with Gasteiger partial charge >= 0.3 is 11.6 Å². The quantitative estimate of drug-likeness (QED) is 0.652. The van der Waals surface area contributed by atoms with Crippen molar-refractivity contribution in [2.24, 2.45) is 0 Å². The lowest BCUT2D eigenvalue weighted by Crippen LogP contribution is -2.17. The van der Waals surface area contributed by atoms with Gasteiger partial charge in [0.05, 0.1) is 18.6 Å². The molecular weight excluding hydrogens is 304 g/mol. The van der Waals surface area contributed by atoms with E-state index in [2.05, 4.69) is 0 Å². The van der Waals surface area contributed by atoms with E-state index in [1.807, 2.05) is 0 Å². The molecule has 0 atom stereocenters. The monoisotopic (exact) mass is 318 g/mol. The van der Waals surface area contributed by atoms with Crippen molar-refractivity contribution < 1.29 is 29.0 Å². The van der Waals surface area contributed by atoms with Gasteiger partial charge in [-0.1, -0.05) is 0 Å². The van der Waals surface area contributed by atoms with Crippen molar-refractivity contribution in [3.8, 4) is 11.5 Å². The highest BCUT2D eigenvalue weighted by atomic mass is 16.5. The second-order valence-electron chi connectivity index (χ2n) is 5.41. The molecule has 0 radical (unpaired) electrons. The van der Waals surface area contributed by atoms with Crippen LogP contribution in [0.3, 0.4) is 0 Å². The van der Waals surface area contributed by atoms with Gasteiger partial charge in [0.15, 0.2) is 23.4 Å². The first-order chi connectivity index (χ1) is 11.0. The summed E-state index contributed by atoms with van der Waals surface area (Å²) < 4.78 is 10.6. The zero-order valence-corrected chi connectivity index (χ0v) is 12.3. The molecule has 0 bridgehead atoms. The van der Waals surface area contributed by atoms with Crippen LogP contribution in [0.5, 0.6) is 11.5 Å². The van der Waals surface area contributed by atoms with E-state index in [0.29, 0.717) is 42.2 Å². The van der Waals surface area contributed by atoms with E-state index >= 15 is 0 Å². The van der Waals surface area contributed by atoms with E-state index < -0.39 is 18.0 Å². The van der Waals surface area contributed by atoms with Crippen molar-refractivity contribution in [2.45, 2.75) is 26.2 Å². The van der Waals surface area contributed by atoms with Gasteiger partial charge in [-0.05, 0) is 25.3 Å². The van der Waals surface area contributed by atoms with Crippen LogP contribution >= 0.6 is 0 Å². The minimum Gasteiger partial charge on any atom is -0.504 e. The van der Waals surface area contributed by atoms with Gasteiger partial charge in [-0.2, -0.15) is 0 Å². The molecule has 0 unspecified atom stereocenters. The summed E-state index contributed by atoms with van der Waals surface area (Å²) in [5.41, 5.74) is 0.0729. The van der Waals surface area contributed by atoms with Crippen LogP contribution in [-0.2, 0) is 17.6 Å². The number of carbonyl (C=O) groups excluding carboxylic acids is 1. The highest BCUT2D eigenvalue weighted by Crippen LogP contribution is 2.43. The van der Waals surface area contributed by atoms with Gasteiger partial charge < -0.3 is 19.4 Å². The van der Waals surface area contributed by atoms with E-state index in [1.165, 1.54) is 0 Å². The lowest BCUT2D eigenvalue weighted by Gasteiger charge is -2.22. The Kier molecular flexibility index (Phi) is 3.55. The summed E-state index contributed by atoms with van der Waals surface area (Å²) >= 11 is 0. The van der Waals surface area contributed by atoms with Crippen molar-refractivity contribution in [1.29, 1.82) is 0 Å². The molecule has 0 fully saturated rings. The molecule has 120 valence electrons. The summed E-state index contributed by atoms with van der Waals surface area (Å²) in [6.45, 7) is 2.01. The minimum atomic E-state index is -1.15. The number of rotatable bonds is 3. The average Bonchev–Trinajstić information content (AvgIpc) is 2.51. The van der Waals surface area contributed by atoms with E-state index in [0.717, 1.165) is 0 Å². The number of fused-ring (bicyclic) bond motifs is 3. The van der Waals surface area contributed by atoms with Gasteiger partial charge in [0.25, 0.3) is 0 Å². The first kappa shape index (κ1) is 15.1. The number of benzene rings is 1. The van der Waals surface area contributed by atoms with Gasteiger partial charge in [0, 0.05) is 10.9 Å². The van der Waals surface area contributed by atoms with E-state index in [4.69, 9.17) is 14.3 Å². The van der Waals surface area contributed by atoms with E-state index in [9.17, 15) is 19.5 Å². The lowest BCUT2D eigenvalue weighted by atomic mass is 9.92. The molecule has 1 aliphatic rings. The van der Waals surface area contributed by atoms with Crippen LogP contribution in [0.2, 0.25) is 0 Å². The number of aldehydes is 1. The maximum atomic E-state index is 12.1. The number of aromatic hydroxyl groups is 1. The van der Waals surface area contributed by atoms with E-state index in [1.54, 1.807) is 6.92 Å². The second-order valence-corrected chi connectivity index (χ2v) is 5.41. The number of phenols is 1. The third kappa shape index (κ3) is 2.25. The van der Waals surface area contributed by atoms with Crippen molar-refractivity contribution in [3.05, 3.63) is 32.7 Å². The molecule has 1 aromatic carbocycles. The van der Waals surface area contributed by atoms with Crippen LogP contribution < -0.4 is 10.4 Å². The first-order valence-electron chi connectivity index (χ1n) is 7.09. The molecule has 2 N–H and O–H groups in total. The third-order valence-corrected chi connectivity index (χ3v) is 4.05. The molecule has 0 spiro atoms. The fraction of sp³-hybridized carbons (Fsp3) is 0.312. The molecule has 2 heterocycles. The molecule has 0 saturated carbocycles. The molecule has 1 aliphatic heterocycles. The Morgan fingerprint density at radius 3 is 2.78 bits per heavy atom. The smallest absolute Gasteiger partial charge is 0.340 e. The van der Waals surface area contributed by atoms with Crippen molar-refractivity contribution in [2.75, 3.05) is 6.61 Å². The number of carbonyl (C=O) groups is 2. The molecule has 0 saturated heterocycles. The number of ether oxygens (including phenoxy) is 1. The van der Waals surface area contributed by atoms with Crippen molar-refractivity contribution in [3.63, 3.8) is 0 Å². The summed E-state index contributed by atoms with van der Waals surface area (Å²) in [4.78, 5) is 34.4. The molecule has 2 aromatic rings. The molecule has 0 aliphatic carbocycles. The van der Waals surface area contributed by atoms with Crippen LogP contribution in [-0.4, -0.2) is 29.1 Å². The van der Waals surface area contributed by atoms with Crippen LogP contribution in [0.4, 0.5) is 0 Å². The Bertz CT molecular complexity index is 892. The van der Waals surface area contributed by atoms with E-state index in [-0.39, 0.29) is 28.2 Å². The zero-order valence-electron chi connectivity index (χ0n) is 12.3. The molecule has 7 heteroatoms. The molecule has 1 aromatic heterocycles. The number of carboxylic acids is 1. The number of aliphatic carboxylic acids is 1. The van der Waals surface area contributed by atoms with Gasteiger partial charge in [-0.25, -0.2) is 4.79 Å². The van der Waals surface area contributed by atoms with Gasteiger partial charge in [0.2, 0.25) is 0 Å². The molecule has 3 rings (SSSR count). The van der Waals surface area contributed by atoms with Crippen molar-refractivity contribution in [1.82, 2.24) is 0 Å². The second kappa shape index (κ2) is 5.42. The first-order valence-corrected chi connectivity index (χ1v) is 7.09. The lowest BCUT2D eigenvalue weighted by molar-refractivity contribution is -0.136. The average molecular weight is 318 g/mol. The van der Waals surface area contributed by atoms with Crippen molar-refractivity contribution >= 4 is 23.2 Å². The maximum absolute atomic E-state index is 12.1. The summed E-state index contributed by atoms with van der Waals surface area (Å²) in [5.74, 6) is -1.31. The summed E-state index contributed by atoms with van der Waals surface area (Å²) in [5, 5.41) is 19.7. The SMILES string of the molecule is Cc1c(CC(=O)O)c(=O)oc2c(C=O)c(O)c3c(c12)CCCO3. The van der Waals surface area contributed by atoms with Gasteiger partial charge in [-0.15, -0.1) is 0 Å². The Hall–Kier alpha value is -2.83. The number of hydrogen-bond acceptors (Lipinski definition) is 6. The molecular formula is C16H14O7. The highest BCUT2D eigenvalue weighted by molar-refractivity contribution is 6.02. The fourth-order valence-corrected chi connectivity index (χ4v) is 3.00. The van der Waals surface area contributed by atoms with Gasteiger partial charge in [0.1, 0.15) is 5.56 Å². The molecule has 0 amide bonds. The summed E-state index contributed by atoms with van der Waals surface area (Å²) in [6, 6.07) is 0.